The van der Waals surface area contributed by atoms with E-state index < -0.39 is 75.4 Å². The van der Waals surface area contributed by atoms with Crippen LogP contribution in [0.5, 0.6) is 17.2 Å². The van der Waals surface area contributed by atoms with Crippen LogP contribution in [0.25, 0.3) is 28.1 Å². The molecule has 4 aliphatic rings. The minimum atomic E-state index is -4.34. The standard InChI is InChI=1S/C37H42FN3O5S.C29H36FN5O4S.C21H27N5O3S.C19H25N5O3S/c1-23(2)21-45-29-18-27(17-28(38)19-29)32-13-12-30(35(40-32)31-16-24(3)20-37(31,5)6)36(42)41-47(43,44)34-15-14-33(25(4)39-34)46-22-26-10-8-7-9-11-26;1-18-15-29(5,6)35(16-18)26-22(27(36)34-40(37,38)25-9-7-8-24(31)33-25)10-11-23(32-26)19-12-20(30)14-21(13-19)39-17-28(2,3)4;1-13(2)16-10-9-15(19(23-16)26-12-14(3)11-21(26,4)5)20(27)25-30(28,29)18-8-6-7-17(22)24-18;1-12-10-19(3,4)24(11-12)17-14(9-8-13(2)21-17)18(25)23-28(26,27)16-7-5-6-15(20)22-16/h7-15,17-19,23-24,31H,16,20-22H2,1-6H3,(H,41,42);7-14,18H,15-17H2,1-6H3,(H2,31,33)(H,34,36);6-10,14H,1,11-12H2,2-5H3,(H2,22,24)(H,25,27);5-9,12H,10-11H2,1-4H3,(H2,20,22)(H,23,25)/t24-,31?;18-;14-;12-/m1000/s1. The molecule has 3 saturated heterocycles. The van der Waals surface area contributed by atoms with Gasteiger partial charge in [0.25, 0.3) is 63.7 Å². The number of hydrogen-bond acceptors (Lipinski definition) is 29. The van der Waals surface area contributed by atoms with E-state index in [4.69, 9.17) is 41.4 Å². The number of aryl methyl sites for hydroxylation is 2. The van der Waals surface area contributed by atoms with E-state index in [1.165, 1.54) is 97.1 Å². The fourth-order valence-corrected chi connectivity index (χ4v) is 22.4. The van der Waals surface area contributed by atoms with Gasteiger partial charge in [0.05, 0.1) is 63.9 Å². The Hall–Kier alpha value is -13.7. The molecule has 4 fully saturated rings. The Kier molecular flexibility index (Phi) is 33.5. The maximum Gasteiger partial charge on any atom is 0.281 e. The highest BCUT2D eigenvalue weighted by molar-refractivity contribution is 7.90. The van der Waals surface area contributed by atoms with Crippen molar-refractivity contribution in [3.05, 3.63) is 251 Å². The number of aromatic nitrogens is 8. The first-order valence-corrected chi connectivity index (χ1v) is 53.6. The molecule has 1 saturated carbocycles. The summed E-state index contributed by atoms with van der Waals surface area (Å²) in [5.74, 6) is 0.0683. The van der Waals surface area contributed by atoms with Crippen molar-refractivity contribution in [3.63, 3.8) is 0 Å². The van der Waals surface area contributed by atoms with Gasteiger partial charge in [0.2, 0.25) is 0 Å². The number of halogens is 2. The van der Waals surface area contributed by atoms with Crippen LogP contribution in [-0.2, 0) is 46.7 Å². The minimum Gasteiger partial charge on any atom is -0.493 e. The highest BCUT2D eigenvalue weighted by Crippen LogP contribution is 2.53. The summed E-state index contributed by atoms with van der Waals surface area (Å²) in [6.07, 6.45) is 4.41. The highest BCUT2D eigenvalue weighted by atomic mass is 32.2. The number of rotatable bonds is 27. The topological polar surface area (TPSA) is 472 Å². The average molecular weight is 2060 g/mol. The van der Waals surface area contributed by atoms with Gasteiger partial charge in [-0.2, -0.15) is 33.7 Å². The Balaban J connectivity index is 0.000000176. The van der Waals surface area contributed by atoms with E-state index in [2.05, 4.69) is 134 Å². The number of carbonyl (C=O) groups excluding carboxylic acids is 4. The predicted octanol–water partition coefficient (Wildman–Crippen LogP) is 17.8. The van der Waals surface area contributed by atoms with Gasteiger partial charge in [-0.3, -0.25) is 24.2 Å². The largest absolute Gasteiger partial charge is 0.493 e. The Labute approximate surface area is 848 Å². The molecule has 39 heteroatoms. The predicted molar refractivity (Wildman–Crippen MR) is 557 cm³/mol. The van der Waals surface area contributed by atoms with Crippen molar-refractivity contribution in [2.75, 3.05) is 64.7 Å². The second kappa shape index (κ2) is 44.1. The lowest BCUT2D eigenvalue weighted by Crippen LogP contribution is -2.41. The maximum absolute atomic E-state index is 14.7. The van der Waals surface area contributed by atoms with E-state index in [1.807, 2.05) is 97.5 Å². The van der Waals surface area contributed by atoms with Crippen molar-refractivity contribution in [1.82, 2.24) is 58.8 Å². The Morgan fingerprint density at radius 3 is 1.26 bits per heavy atom. The molecule has 33 nitrogen and oxygen atoms in total. The van der Waals surface area contributed by atoms with Crippen LogP contribution < -0.4 is 65.0 Å². The third kappa shape index (κ3) is 27.9. The molecule has 3 aliphatic heterocycles. The summed E-state index contributed by atoms with van der Waals surface area (Å²) in [4.78, 5) is 93.8. The zero-order chi connectivity index (χ0) is 106. The molecule has 15 rings (SSSR count). The molecule has 772 valence electrons. The van der Waals surface area contributed by atoms with E-state index in [1.54, 1.807) is 61.5 Å². The number of anilines is 6. The normalized spacial score (nSPS) is 17.8. The Morgan fingerprint density at radius 2 is 0.855 bits per heavy atom. The quantitative estimate of drug-likeness (QED) is 0.0251. The van der Waals surface area contributed by atoms with Gasteiger partial charge < -0.3 is 46.1 Å². The van der Waals surface area contributed by atoms with E-state index in [0.717, 1.165) is 55.5 Å². The summed E-state index contributed by atoms with van der Waals surface area (Å²) in [6, 6.07) is 46.6. The van der Waals surface area contributed by atoms with E-state index in [0.29, 0.717) is 131 Å². The van der Waals surface area contributed by atoms with Crippen LogP contribution in [0.3, 0.4) is 0 Å². The summed E-state index contributed by atoms with van der Waals surface area (Å²) in [5, 5.41) is -1.30. The van der Waals surface area contributed by atoms with Gasteiger partial charge in [0, 0.05) is 71.1 Å². The molecule has 1 aliphatic carbocycles. The van der Waals surface area contributed by atoms with Crippen molar-refractivity contribution >= 4 is 104 Å². The lowest BCUT2D eigenvalue weighted by atomic mass is 9.78. The second-order valence-corrected chi connectivity index (χ2v) is 48.5. The molecule has 0 radical (unpaired) electrons. The minimum absolute atomic E-state index is 0.00998. The summed E-state index contributed by atoms with van der Waals surface area (Å²) < 4.78 is 158. The van der Waals surface area contributed by atoms with Gasteiger partial charge in [-0.25, -0.2) is 62.6 Å². The third-order valence-electron chi connectivity index (χ3n) is 25.0. The molecule has 8 aromatic heterocycles. The molecule has 11 aromatic rings. The number of nitrogen functional groups attached to an aromatic ring is 3. The van der Waals surface area contributed by atoms with Gasteiger partial charge in [0.15, 0.2) is 20.1 Å². The van der Waals surface area contributed by atoms with E-state index in [-0.39, 0.29) is 99.1 Å². The molecular formula is C106H130F2N18O15S4. The lowest BCUT2D eigenvalue weighted by Gasteiger charge is -2.34. The molecule has 145 heavy (non-hydrogen) atoms. The smallest absolute Gasteiger partial charge is 0.281 e. The molecular weight excluding hydrogens is 1930 g/mol. The molecule has 10 N–H and O–H groups in total. The van der Waals surface area contributed by atoms with Crippen molar-refractivity contribution in [3.8, 4) is 39.8 Å². The lowest BCUT2D eigenvalue weighted by molar-refractivity contribution is 0.0970. The molecule has 4 amide bonds. The highest BCUT2D eigenvalue weighted by Gasteiger charge is 2.46. The number of nitrogens with zero attached hydrogens (tertiary/aromatic N) is 11. The number of ether oxygens (including phenoxy) is 3. The van der Waals surface area contributed by atoms with Crippen LogP contribution in [0.4, 0.5) is 43.7 Å². The molecule has 0 spiro atoms. The fourth-order valence-electron chi connectivity index (χ4n) is 18.7. The van der Waals surface area contributed by atoms with Crippen LogP contribution in [0.15, 0.2) is 209 Å². The summed E-state index contributed by atoms with van der Waals surface area (Å²) >= 11 is 0. The molecule has 3 aromatic carbocycles. The zero-order valence-corrected chi connectivity index (χ0v) is 88.7. The zero-order valence-electron chi connectivity index (χ0n) is 85.4. The van der Waals surface area contributed by atoms with Crippen molar-refractivity contribution in [2.45, 2.75) is 220 Å². The second-order valence-electron chi connectivity index (χ2n) is 42.0. The first kappa shape index (κ1) is 110. The monoisotopic (exact) mass is 2060 g/mol. The number of carbonyl (C=O) groups is 4. The van der Waals surface area contributed by atoms with E-state index >= 15 is 0 Å². The van der Waals surface area contributed by atoms with E-state index in [9.17, 15) is 61.6 Å². The molecule has 1 unspecified atom stereocenters. The van der Waals surface area contributed by atoms with Gasteiger partial charge in [0.1, 0.15) is 70.4 Å². The molecule has 0 bridgehead atoms. The fraction of sp³-hybridized carbons (Fsp3) is 0.396. The SMILES string of the molecule is C=C(C)c1ccc(C(=O)NS(=O)(=O)c2cccc(N)n2)c(N2C[C@@H](C)CC2(C)C)n1.C[C@@H]1CN(c2nc(-c3cc(F)cc(OCC(C)(C)C)c3)ccc2C(=O)NS(=O)(=O)c2cccc(N)n2)C(C)(C)C1.Cc1ccc(C(=O)NS(=O)(=O)c2cccc(N)n2)c(N2C[C@@H](C)CC2(C)C)n1.Cc1nc(S(=O)(=O)NC(=O)c2ccc(-c3cc(F)cc(OCC(C)C)c3)nc2C2C[C@@H](C)CC2(C)C)ccc1OCc1ccccc1. The van der Waals surface area contributed by atoms with Crippen molar-refractivity contribution in [1.29, 1.82) is 0 Å². The number of pyridine rings is 8. The number of sulfonamides is 4. The Morgan fingerprint density at radius 1 is 0.455 bits per heavy atom. The molecule has 11 heterocycles. The third-order valence-corrected chi connectivity index (χ3v) is 29.9. The van der Waals surface area contributed by atoms with Crippen LogP contribution in [0.2, 0.25) is 0 Å². The first-order valence-electron chi connectivity index (χ1n) is 47.6. The van der Waals surface area contributed by atoms with Crippen LogP contribution >= 0.6 is 0 Å². The number of allylic oxidation sites excluding steroid dienone is 1. The van der Waals surface area contributed by atoms with Gasteiger partial charge >= 0.3 is 0 Å². The summed E-state index contributed by atoms with van der Waals surface area (Å²) in [5.41, 5.74) is 22.1. The number of nitrogens with one attached hydrogen (secondary N) is 4. The van der Waals surface area contributed by atoms with Crippen molar-refractivity contribution in [2.24, 2.45) is 40.4 Å². The molecule has 5 atom stereocenters. The van der Waals surface area contributed by atoms with Gasteiger partial charge in [-0.05, 0) is 267 Å². The first-order chi connectivity index (χ1) is 67.6. The Bertz CT molecular complexity index is 7200. The van der Waals surface area contributed by atoms with Crippen LogP contribution in [0.1, 0.15) is 232 Å². The number of hydrogen-bond donors (Lipinski definition) is 7. The number of amides is 4. The van der Waals surface area contributed by atoms with Crippen LogP contribution in [-0.4, -0.2) is 147 Å². The number of benzene rings is 3. The summed E-state index contributed by atoms with van der Waals surface area (Å²) in [6.45, 7) is 47.8. The van der Waals surface area contributed by atoms with Gasteiger partial charge in [-0.15, -0.1) is 0 Å². The van der Waals surface area contributed by atoms with Crippen LogP contribution in [0, 0.1) is 65.9 Å². The number of nitrogens with two attached hydrogens (primary N) is 3. The average Bonchev–Trinajstić information content (AvgIpc) is 1.70. The van der Waals surface area contributed by atoms with Crippen molar-refractivity contribution < 1.29 is 75.8 Å². The van der Waals surface area contributed by atoms with Gasteiger partial charge in [-0.1, -0.05) is 131 Å². The summed E-state index contributed by atoms with van der Waals surface area (Å²) in [7, 11) is -17.0. The maximum atomic E-state index is 14.7.